The molecule has 0 aromatic carbocycles. The van der Waals surface area contributed by atoms with E-state index in [4.69, 9.17) is 14.6 Å². The summed E-state index contributed by atoms with van der Waals surface area (Å²) in [7, 11) is 1.67. The summed E-state index contributed by atoms with van der Waals surface area (Å²) in [6.07, 6.45) is 1.99. The Labute approximate surface area is 99.3 Å². The summed E-state index contributed by atoms with van der Waals surface area (Å²) in [5.41, 5.74) is 0. The van der Waals surface area contributed by atoms with Gasteiger partial charge in [0.15, 0.2) is 0 Å². The second kappa shape index (κ2) is 11.3. The van der Waals surface area contributed by atoms with Crippen LogP contribution in [0.1, 0.15) is 26.7 Å². The lowest BCUT2D eigenvalue weighted by Crippen LogP contribution is -2.34. The maximum atomic E-state index is 9.14. The van der Waals surface area contributed by atoms with E-state index in [2.05, 4.69) is 19.2 Å². The number of hydrogen-bond acceptors (Lipinski definition) is 4. The topological polar surface area (TPSA) is 50.7 Å². The molecule has 0 aliphatic carbocycles. The zero-order chi connectivity index (χ0) is 12.2. The van der Waals surface area contributed by atoms with E-state index < -0.39 is 0 Å². The molecule has 0 saturated heterocycles. The number of nitrogens with one attached hydrogen (secondary N) is 1. The molecule has 16 heavy (non-hydrogen) atoms. The lowest BCUT2D eigenvalue weighted by atomic mass is 10.0. The van der Waals surface area contributed by atoms with E-state index in [0.717, 1.165) is 26.0 Å². The molecule has 0 aromatic heterocycles. The molecule has 1 unspecified atom stereocenters. The highest BCUT2D eigenvalue weighted by atomic mass is 16.5. The van der Waals surface area contributed by atoms with E-state index >= 15 is 0 Å². The van der Waals surface area contributed by atoms with E-state index in [9.17, 15) is 0 Å². The monoisotopic (exact) mass is 233 g/mol. The van der Waals surface area contributed by atoms with Gasteiger partial charge in [-0.3, -0.25) is 0 Å². The minimum Gasteiger partial charge on any atom is -0.395 e. The lowest BCUT2D eigenvalue weighted by Gasteiger charge is -2.18. The van der Waals surface area contributed by atoms with Gasteiger partial charge in [0.1, 0.15) is 0 Å². The Morgan fingerprint density at radius 3 is 2.50 bits per heavy atom. The summed E-state index contributed by atoms with van der Waals surface area (Å²) in [6.45, 7) is 7.49. The van der Waals surface area contributed by atoms with Gasteiger partial charge >= 0.3 is 0 Å². The number of ether oxygens (including phenoxy) is 2. The molecule has 0 amide bonds. The number of rotatable bonds is 11. The summed E-state index contributed by atoms with van der Waals surface area (Å²) >= 11 is 0. The Kier molecular flexibility index (Phi) is 11.2. The van der Waals surface area contributed by atoms with Crippen molar-refractivity contribution in [2.24, 2.45) is 5.92 Å². The Morgan fingerprint density at radius 2 is 1.94 bits per heavy atom. The first-order valence-corrected chi connectivity index (χ1v) is 6.11. The number of methoxy groups -OCH3 is 1. The van der Waals surface area contributed by atoms with Crippen molar-refractivity contribution in [2.45, 2.75) is 32.7 Å². The van der Waals surface area contributed by atoms with Crippen LogP contribution in [0.5, 0.6) is 0 Å². The lowest BCUT2D eigenvalue weighted by molar-refractivity contribution is 0.0688. The van der Waals surface area contributed by atoms with Crippen molar-refractivity contribution in [3.05, 3.63) is 0 Å². The first kappa shape index (κ1) is 15.8. The summed E-state index contributed by atoms with van der Waals surface area (Å²) in [5, 5.41) is 12.5. The van der Waals surface area contributed by atoms with E-state index in [1.165, 1.54) is 0 Å². The highest BCUT2D eigenvalue weighted by Crippen LogP contribution is 2.03. The molecule has 0 aliphatic heterocycles. The molecule has 4 nitrogen and oxygen atoms in total. The molecule has 0 spiro atoms. The van der Waals surface area contributed by atoms with Gasteiger partial charge in [0.05, 0.1) is 19.8 Å². The molecule has 0 heterocycles. The molecule has 1 atom stereocenters. The standard InChI is InChI=1S/C12H27NO3/c1-11(2)9-12(10-14)13-5-4-6-16-8-7-15-3/h11-14H,4-10H2,1-3H3. The van der Waals surface area contributed by atoms with Crippen molar-refractivity contribution in [1.82, 2.24) is 5.32 Å². The predicted molar refractivity (Wildman–Crippen MR) is 65.6 cm³/mol. The van der Waals surface area contributed by atoms with E-state index in [0.29, 0.717) is 19.1 Å². The summed E-state index contributed by atoms with van der Waals surface area (Å²) < 4.78 is 10.2. The van der Waals surface area contributed by atoms with Crippen LogP contribution >= 0.6 is 0 Å². The van der Waals surface area contributed by atoms with Gasteiger partial charge in [0, 0.05) is 19.8 Å². The molecule has 0 aliphatic rings. The molecule has 0 bridgehead atoms. The molecule has 4 heteroatoms. The smallest absolute Gasteiger partial charge is 0.0700 e. The fourth-order valence-corrected chi connectivity index (χ4v) is 1.52. The first-order valence-electron chi connectivity index (χ1n) is 6.11. The molecular formula is C12H27NO3. The third-order valence-electron chi connectivity index (χ3n) is 2.31. The van der Waals surface area contributed by atoms with Crippen LogP contribution in [0.3, 0.4) is 0 Å². The van der Waals surface area contributed by atoms with Crippen molar-refractivity contribution < 1.29 is 14.6 Å². The fraction of sp³-hybridized carbons (Fsp3) is 1.00. The van der Waals surface area contributed by atoms with Crippen LogP contribution in [0.4, 0.5) is 0 Å². The van der Waals surface area contributed by atoms with Gasteiger partial charge in [0.25, 0.3) is 0 Å². The van der Waals surface area contributed by atoms with Crippen molar-refractivity contribution in [3.8, 4) is 0 Å². The van der Waals surface area contributed by atoms with E-state index in [1.807, 2.05) is 0 Å². The fourth-order valence-electron chi connectivity index (χ4n) is 1.52. The normalized spacial score (nSPS) is 13.3. The van der Waals surface area contributed by atoms with Gasteiger partial charge in [-0.25, -0.2) is 0 Å². The largest absolute Gasteiger partial charge is 0.395 e. The van der Waals surface area contributed by atoms with Crippen LogP contribution in [0.15, 0.2) is 0 Å². The molecule has 0 radical (unpaired) electrons. The average molecular weight is 233 g/mol. The second-order valence-electron chi connectivity index (χ2n) is 4.42. The summed E-state index contributed by atoms with van der Waals surface area (Å²) in [5.74, 6) is 0.614. The van der Waals surface area contributed by atoms with Crippen LogP contribution in [0.2, 0.25) is 0 Å². The Hall–Kier alpha value is -0.160. The van der Waals surface area contributed by atoms with Gasteiger partial charge in [-0.05, 0) is 25.3 Å². The van der Waals surface area contributed by atoms with Gasteiger partial charge in [-0.15, -0.1) is 0 Å². The highest BCUT2D eigenvalue weighted by molar-refractivity contribution is 4.66. The minimum atomic E-state index is 0.211. The maximum absolute atomic E-state index is 9.14. The number of hydrogen-bond donors (Lipinski definition) is 2. The summed E-state index contributed by atoms with van der Waals surface area (Å²) in [4.78, 5) is 0. The molecule has 0 fully saturated rings. The van der Waals surface area contributed by atoms with Gasteiger partial charge in [0.2, 0.25) is 0 Å². The SMILES string of the molecule is COCCOCCCNC(CO)CC(C)C. The zero-order valence-corrected chi connectivity index (χ0v) is 10.9. The van der Waals surface area contributed by atoms with Gasteiger partial charge in [-0.1, -0.05) is 13.8 Å². The predicted octanol–water partition coefficient (Wildman–Crippen LogP) is 1.04. The van der Waals surface area contributed by atoms with Crippen molar-refractivity contribution in [2.75, 3.05) is 40.1 Å². The van der Waals surface area contributed by atoms with E-state index in [-0.39, 0.29) is 12.6 Å². The van der Waals surface area contributed by atoms with Crippen LogP contribution in [0, 0.1) is 5.92 Å². The Bertz CT molecular complexity index is 142. The second-order valence-corrected chi connectivity index (χ2v) is 4.42. The average Bonchev–Trinajstić information content (AvgIpc) is 2.25. The van der Waals surface area contributed by atoms with Crippen LogP contribution in [0.25, 0.3) is 0 Å². The van der Waals surface area contributed by atoms with Crippen molar-refractivity contribution in [1.29, 1.82) is 0 Å². The summed E-state index contributed by atoms with van der Waals surface area (Å²) in [6, 6.07) is 0.221. The third-order valence-corrected chi connectivity index (χ3v) is 2.31. The zero-order valence-electron chi connectivity index (χ0n) is 10.9. The quantitative estimate of drug-likeness (QED) is 0.524. The van der Waals surface area contributed by atoms with Crippen LogP contribution in [-0.2, 0) is 9.47 Å². The number of aliphatic hydroxyl groups excluding tert-OH is 1. The highest BCUT2D eigenvalue weighted by Gasteiger charge is 2.07. The molecule has 0 rings (SSSR count). The van der Waals surface area contributed by atoms with Crippen LogP contribution < -0.4 is 5.32 Å². The van der Waals surface area contributed by atoms with Crippen LogP contribution in [-0.4, -0.2) is 51.2 Å². The Morgan fingerprint density at radius 1 is 1.19 bits per heavy atom. The minimum absolute atomic E-state index is 0.211. The number of aliphatic hydroxyl groups is 1. The van der Waals surface area contributed by atoms with Crippen molar-refractivity contribution in [3.63, 3.8) is 0 Å². The first-order chi connectivity index (χ1) is 7.70. The van der Waals surface area contributed by atoms with Gasteiger partial charge < -0.3 is 19.9 Å². The molecule has 0 saturated carbocycles. The van der Waals surface area contributed by atoms with E-state index in [1.54, 1.807) is 7.11 Å². The molecule has 98 valence electrons. The van der Waals surface area contributed by atoms with Gasteiger partial charge in [-0.2, -0.15) is 0 Å². The van der Waals surface area contributed by atoms with Crippen molar-refractivity contribution >= 4 is 0 Å². The molecule has 2 N–H and O–H groups in total. The maximum Gasteiger partial charge on any atom is 0.0700 e. The Balaban J connectivity index is 3.27. The molecule has 0 aromatic rings. The third kappa shape index (κ3) is 10.4. The molecular weight excluding hydrogens is 206 g/mol.